The van der Waals surface area contributed by atoms with E-state index in [-0.39, 0.29) is 17.8 Å². The summed E-state index contributed by atoms with van der Waals surface area (Å²) in [6.07, 6.45) is 1.78. The molecule has 4 nitrogen and oxygen atoms in total. The predicted octanol–water partition coefficient (Wildman–Crippen LogP) is 6.36. The van der Waals surface area contributed by atoms with Crippen molar-refractivity contribution in [3.8, 4) is 0 Å². The zero-order chi connectivity index (χ0) is 23.4. The summed E-state index contributed by atoms with van der Waals surface area (Å²) < 4.78 is 38.7. The molecule has 2 fully saturated rings. The minimum Gasteiger partial charge on any atom is -0.334 e. The summed E-state index contributed by atoms with van der Waals surface area (Å²) in [7, 11) is 0. The smallest absolute Gasteiger partial charge is 0.334 e. The molecule has 0 radical (unpaired) electrons. The third-order valence-corrected chi connectivity index (χ3v) is 7.05. The number of carbonyl (C=O) groups excluding carboxylic acids is 1. The number of halogens is 4. The number of likely N-dealkylation sites (tertiary alicyclic amines) is 1. The Kier molecular flexibility index (Phi) is 7.49. The monoisotopic (exact) mass is 479 g/mol. The maximum Gasteiger partial charge on any atom is 0.416 e. The molecule has 8 heteroatoms. The first-order valence-electron chi connectivity index (χ1n) is 11.5. The van der Waals surface area contributed by atoms with Crippen molar-refractivity contribution in [2.24, 2.45) is 5.92 Å². The molecular formula is C25H29ClF3N3O. The van der Waals surface area contributed by atoms with Crippen molar-refractivity contribution in [2.45, 2.75) is 56.8 Å². The lowest BCUT2D eigenvalue weighted by molar-refractivity contribution is -0.137. The van der Waals surface area contributed by atoms with Gasteiger partial charge in [0.1, 0.15) is 0 Å². The third-order valence-electron chi connectivity index (χ3n) is 6.80. The summed E-state index contributed by atoms with van der Waals surface area (Å²) in [6, 6.07) is 12.6. The minimum atomic E-state index is -4.44. The van der Waals surface area contributed by atoms with Gasteiger partial charge in [-0.3, -0.25) is 4.90 Å². The van der Waals surface area contributed by atoms with Crippen molar-refractivity contribution in [3.63, 3.8) is 0 Å². The van der Waals surface area contributed by atoms with Crippen molar-refractivity contribution in [3.05, 3.63) is 64.7 Å². The molecule has 0 spiro atoms. The van der Waals surface area contributed by atoms with Crippen LogP contribution < -0.4 is 10.6 Å². The minimum absolute atomic E-state index is 0.00335. The van der Waals surface area contributed by atoms with Gasteiger partial charge in [-0.15, -0.1) is 0 Å². The average molecular weight is 480 g/mol. The molecule has 1 saturated carbocycles. The third kappa shape index (κ3) is 6.42. The molecule has 33 heavy (non-hydrogen) atoms. The van der Waals surface area contributed by atoms with E-state index >= 15 is 0 Å². The van der Waals surface area contributed by atoms with Crippen molar-refractivity contribution in [1.29, 1.82) is 0 Å². The van der Waals surface area contributed by atoms with Gasteiger partial charge >= 0.3 is 12.2 Å². The van der Waals surface area contributed by atoms with Crippen LogP contribution in [-0.2, 0) is 12.6 Å². The van der Waals surface area contributed by atoms with Gasteiger partial charge in [0, 0.05) is 22.8 Å². The molecule has 0 unspecified atom stereocenters. The molecule has 1 aliphatic carbocycles. The second-order valence-electron chi connectivity index (χ2n) is 9.09. The zero-order valence-electron chi connectivity index (χ0n) is 18.4. The van der Waals surface area contributed by atoms with Crippen LogP contribution >= 0.6 is 11.6 Å². The van der Waals surface area contributed by atoms with Gasteiger partial charge in [-0.25, -0.2) is 4.79 Å². The molecule has 178 valence electrons. The Morgan fingerprint density at radius 3 is 2.45 bits per heavy atom. The van der Waals surface area contributed by atoms with Crippen molar-refractivity contribution in [1.82, 2.24) is 10.2 Å². The van der Waals surface area contributed by atoms with Crippen LogP contribution in [0.25, 0.3) is 0 Å². The molecule has 0 aromatic heterocycles. The van der Waals surface area contributed by atoms with E-state index in [1.54, 1.807) is 0 Å². The van der Waals surface area contributed by atoms with Crippen LogP contribution in [0.3, 0.4) is 0 Å². The number of rotatable bonds is 5. The van der Waals surface area contributed by atoms with E-state index in [4.69, 9.17) is 11.6 Å². The lowest BCUT2D eigenvalue weighted by Gasteiger charge is -2.38. The Labute approximate surface area is 197 Å². The molecule has 0 bridgehead atoms. The number of anilines is 1. The van der Waals surface area contributed by atoms with E-state index in [1.807, 2.05) is 12.1 Å². The predicted molar refractivity (Wildman–Crippen MR) is 124 cm³/mol. The van der Waals surface area contributed by atoms with E-state index < -0.39 is 17.8 Å². The van der Waals surface area contributed by atoms with Crippen LogP contribution in [0.1, 0.15) is 43.2 Å². The largest absolute Gasteiger partial charge is 0.416 e. The molecule has 2 aromatic carbocycles. The zero-order valence-corrected chi connectivity index (χ0v) is 19.1. The Bertz CT molecular complexity index is 943. The Morgan fingerprint density at radius 1 is 1.03 bits per heavy atom. The summed E-state index contributed by atoms with van der Waals surface area (Å²) in [5.41, 5.74) is 0.671. The molecule has 2 N–H and O–H groups in total. The Morgan fingerprint density at radius 2 is 1.76 bits per heavy atom. The SMILES string of the molecule is O=C(Nc1cccc(C(F)(F)F)c1)N[C@@H]1CCC[C@H]1N1CCC(Cc2ccc(Cl)cc2)CC1. The molecule has 2 amide bonds. The highest BCUT2D eigenvalue weighted by Crippen LogP contribution is 2.32. The number of hydrogen-bond acceptors (Lipinski definition) is 2. The van der Waals surface area contributed by atoms with Crippen LogP contribution in [-0.4, -0.2) is 36.1 Å². The number of nitrogens with one attached hydrogen (secondary N) is 2. The van der Waals surface area contributed by atoms with Gasteiger partial charge in [0.05, 0.1) is 5.56 Å². The van der Waals surface area contributed by atoms with Gasteiger partial charge in [-0.05, 0) is 93.4 Å². The van der Waals surface area contributed by atoms with Crippen LogP contribution in [0, 0.1) is 5.92 Å². The molecule has 1 saturated heterocycles. The van der Waals surface area contributed by atoms with Gasteiger partial charge < -0.3 is 10.6 Å². The summed E-state index contributed by atoms with van der Waals surface area (Å²) in [5, 5.41) is 6.32. The van der Waals surface area contributed by atoms with E-state index in [9.17, 15) is 18.0 Å². The second-order valence-corrected chi connectivity index (χ2v) is 9.53. The number of benzene rings is 2. The van der Waals surface area contributed by atoms with Crippen molar-refractivity contribution in [2.75, 3.05) is 18.4 Å². The fraction of sp³-hybridized carbons (Fsp3) is 0.480. The number of nitrogens with zero attached hydrogens (tertiary/aromatic N) is 1. The number of carbonyl (C=O) groups is 1. The summed E-state index contributed by atoms with van der Waals surface area (Å²) in [5.74, 6) is 0.638. The first-order valence-corrected chi connectivity index (χ1v) is 11.9. The maximum atomic E-state index is 12.9. The fourth-order valence-electron chi connectivity index (χ4n) is 5.10. The van der Waals surface area contributed by atoms with Crippen molar-refractivity contribution < 1.29 is 18.0 Å². The summed E-state index contributed by atoms with van der Waals surface area (Å²) in [4.78, 5) is 15.0. The lowest BCUT2D eigenvalue weighted by atomic mass is 9.89. The molecule has 2 atom stereocenters. The Hall–Kier alpha value is -2.25. The van der Waals surface area contributed by atoms with Crippen molar-refractivity contribution >= 4 is 23.3 Å². The fourth-order valence-corrected chi connectivity index (χ4v) is 5.22. The van der Waals surface area contributed by atoms with Gasteiger partial charge in [0.15, 0.2) is 0 Å². The van der Waals surface area contributed by atoms with Gasteiger partial charge in [-0.2, -0.15) is 13.2 Å². The standard InChI is InChI=1S/C25H29ClF3N3O/c26-20-9-7-17(8-10-20)15-18-11-13-32(14-12-18)23-6-2-5-22(23)31-24(33)30-21-4-1-3-19(16-21)25(27,28)29/h1,3-4,7-10,16,18,22-23H,2,5-6,11-15H2,(H2,30,31,33)/t22-,23-/m1/s1. The van der Waals surface area contributed by atoms with Crippen LogP contribution in [0.2, 0.25) is 5.02 Å². The van der Waals surface area contributed by atoms with E-state index in [2.05, 4.69) is 27.7 Å². The molecule has 1 aliphatic heterocycles. The first-order chi connectivity index (χ1) is 15.8. The van der Waals surface area contributed by atoms with E-state index in [1.165, 1.54) is 17.7 Å². The maximum absolute atomic E-state index is 12.9. The van der Waals surface area contributed by atoms with Gasteiger partial charge in [0.2, 0.25) is 0 Å². The Balaban J connectivity index is 1.28. The molecule has 2 aliphatic rings. The number of amides is 2. The van der Waals surface area contributed by atoms with Gasteiger partial charge in [-0.1, -0.05) is 29.8 Å². The van der Waals surface area contributed by atoms with E-state index in [0.717, 1.165) is 68.8 Å². The molecule has 4 rings (SSSR count). The quantitative estimate of drug-likeness (QED) is 0.524. The second kappa shape index (κ2) is 10.3. The van der Waals surface area contributed by atoms with Gasteiger partial charge in [0.25, 0.3) is 0 Å². The van der Waals surface area contributed by atoms with Crippen LogP contribution in [0.15, 0.2) is 48.5 Å². The summed E-state index contributed by atoms with van der Waals surface area (Å²) >= 11 is 5.98. The molecular weight excluding hydrogens is 451 g/mol. The highest BCUT2D eigenvalue weighted by Gasteiger charge is 2.35. The molecule has 1 heterocycles. The highest BCUT2D eigenvalue weighted by molar-refractivity contribution is 6.30. The summed E-state index contributed by atoms with van der Waals surface area (Å²) in [6.45, 7) is 1.99. The average Bonchev–Trinajstić information content (AvgIpc) is 3.23. The van der Waals surface area contributed by atoms with E-state index in [0.29, 0.717) is 5.92 Å². The lowest BCUT2D eigenvalue weighted by Crippen LogP contribution is -2.52. The highest BCUT2D eigenvalue weighted by atomic mass is 35.5. The van der Waals surface area contributed by atoms with Crippen LogP contribution in [0.4, 0.5) is 23.7 Å². The normalized spacial score (nSPS) is 22.3. The van der Waals surface area contributed by atoms with Crippen LogP contribution in [0.5, 0.6) is 0 Å². The number of alkyl halides is 3. The number of hydrogen-bond donors (Lipinski definition) is 2. The molecule has 2 aromatic rings. The first kappa shape index (κ1) is 23.9. The topological polar surface area (TPSA) is 44.4 Å². The number of urea groups is 1. The number of piperidine rings is 1.